The highest BCUT2D eigenvalue weighted by Gasteiger charge is 2.46. The number of nitrogens with zero attached hydrogens (tertiary/aromatic N) is 1. The van der Waals surface area contributed by atoms with Crippen molar-refractivity contribution in [2.45, 2.75) is 32.4 Å². The zero-order valence-corrected chi connectivity index (χ0v) is 20.0. The van der Waals surface area contributed by atoms with Crippen LogP contribution in [0.5, 0.6) is 11.5 Å². The summed E-state index contributed by atoms with van der Waals surface area (Å²) in [6.45, 7) is 4.65. The number of ether oxygens (including phenoxy) is 3. The molecular weight excluding hydrogens is 454 g/mol. The number of carbonyl (C=O) groups is 2. The Kier molecular flexibility index (Phi) is 7.82. The van der Waals surface area contributed by atoms with Gasteiger partial charge in [0.1, 0.15) is 17.3 Å². The average molecular weight is 480 g/mol. The molecule has 1 aliphatic heterocycles. The number of methoxy groups -OCH3 is 2. The SMILES string of the molecule is COc1cc(OC)c(/C(O)=C2/C(=O)C(=O)N(CCCOC(C)C)C2c2cccs2)cc1Cl. The number of halogens is 1. The van der Waals surface area contributed by atoms with Gasteiger partial charge in [-0.15, -0.1) is 11.3 Å². The second-order valence-corrected chi connectivity index (χ2v) is 8.85. The maximum Gasteiger partial charge on any atom is 0.295 e. The van der Waals surface area contributed by atoms with Gasteiger partial charge in [0.15, 0.2) is 0 Å². The summed E-state index contributed by atoms with van der Waals surface area (Å²) in [6, 6.07) is 5.96. The molecule has 1 amide bonds. The molecule has 0 spiro atoms. The molecule has 9 heteroatoms. The Morgan fingerprint density at radius 3 is 2.53 bits per heavy atom. The molecule has 1 aromatic carbocycles. The summed E-state index contributed by atoms with van der Waals surface area (Å²) in [5.74, 6) is -1.12. The number of Topliss-reactive ketones (excluding diaryl/α,β-unsaturated/α-hetero) is 1. The van der Waals surface area contributed by atoms with Crippen molar-refractivity contribution in [3.63, 3.8) is 0 Å². The molecule has 1 N–H and O–H groups in total. The Morgan fingerprint density at radius 1 is 1.22 bits per heavy atom. The molecule has 0 bridgehead atoms. The lowest BCUT2D eigenvalue weighted by atomic mass is 9.99. The van der Waals surface area contributed by atoms with Crippen molar-refractivity contribution >= 4 is 40.4 Å². The van der Waals surface area contributed by atoms with Gasteiger partial charge in [-0.25, -0.2) is 0 Å². The van der Waals surface area contributed by atoms with Gasteiger partial charge in [-0.3, -0.25) is 9.59 Å². The smallest absolute Gasteiger partial charge is 0.295 e. The largest absolute Gasteiger partial charge is 0.507 e. The molecule has 172 valence electrons. The van der Waals surface area contributed by atoms with E-state index in [1.54, 1.807) is 0 Å². The number of hydrogen-bond donors (Lipinski definition) is 1. The lowest BCUT2D eigenvalue weighted by Crippen LogP contribution is -2.31. The Labute approximate surface area is 196 Å². The number of likely N-dealkylation sites (tertiary alicyclic amines) is 1. The maximum absolute atomic E-state index is 13.1. The van der Waals surface area contributed by atoms with Crippen molar-refractivity contribution in [2.24, 2.45) is 0 Å². The fourth-order valence-electron chi connectivity index (χ4n) is 3.60. The molecule has 32 heavy (non-hydrogen) atoms. The van der Waals surface area contributed by atoms with Crippen LogP contribution in [-0.2, 0) is 14.3 Å². The Bertz CT molecular complexity index is 1020. The normalized spacial score (nSPS) is 17.9. The monoisotopic (exact) mass is 479 g/mol. The van der Waals surface area contributed by atoms with Crippen LogP contribution in [0.3, 0.4) is 0 Å². The summed E-state index contributed by atoms with van der Waals surface area (Å²) >= 11 is 7.67. The number of amides is 1. The van der Waals surface area contributed by atoms with Crippen LogP contribution in [0.4, 0.5) is 0 Å². The second kappa shape index (κ2) is 10.4. The van der Waals surface area contributed by atoms with Crippen LogP contribution in [0, 0.1) is 0 Å². The Balaban J connectivity index is 2.07. The van der Waals surface area contributed by atoms with Gasteiger partial charge in [0.2, 0.25) is 0 Å². The molecule has 2 heterocycles. The first kappa shape index (κ1) is 24.1. The quantitative estimate of drug-likeness (QED) is 0.244. The molecular formula is C23H26ClNO6S. The number of carbonyl (C=O) groups excluding carboxylic acids is 2. The van der Waals surface area contributed by atoms with Gasteiger partial charge in [0, 0.05) is 24.1 Å². The van der Waals surface area contributed by atoms with E-state index in [9.17, 15) is 14.7 Å². The van der Waals surface area contributed by atoms with Crippen molar-refractivity contribution < 1.29 is 28.9 Å². The van der Waals surface area contributed by atoms with E-state index in [1.807, 2.05) is 31.4 Å². The van der Waals surface area contributed by atoms with Gasteiger partial charge in [0.25, 0.3) is 11.7 Å². The number of thiophene rings is 1. The van der Waals surface area contributed by atoms with E-state index in [0.29, 0.717) is 25.3 Å². The van der Waals surface area contributed by atoms with E-state index in [-0.39, 0.29) is 33.8 Å². The van der Waals surface area contributed by atoms with E-state index >= 15 is 0 Å². The van der Waals surface area contributed by atoms with Gasteiger partial charge in [-0.05, 0) is 37.8 Å². The van der Waals surface area contributed by atoms with Crippen LogP contribution in [0.1, 0.15) is 36.8 Å². The summed E-state index contributed by atoms with van der Waals surface area (Å²) in [5.41, 5.74) is 0.211. The van der Waals surface area contributed by atoms with E-state index < -0.39 is 17.7 Å². The minimum Gasteiger partial charge on any atom is -0.507 e. The van der Waals surface area contributed by atoms with Crippen molar-refractivity contribution in [1.29, 1.82) is 0 Å². The predicted octanol–water partition coefficient (Wildman–Crippen LogP) is 4.66. The molecule has 3 rings (SSSR count). The van der Waals surface area contributed by atoms with Gasteiger partial charge >= 0.3 is 0 Å². The van der Waals surface area contributed by atoms with Gasteiger partial charge in [0.05, 0.1) is 42.5 Å². The fraction of sp³-hybridized carbons (Fsp3) is 0.391. The predicted molar refractivity (Wildman–Crippen MR) is 124 cm³/mol. The highest BCUT2D eigenvalue weighted by Crippen LogP contribution is 2.44. The number of rotatable bonds is 9. The summed E-state index contributed by atoms with van der Waals surface area (Å²) in [4.78, 5) is 28.2. The number of ketones is 1. The summed E-state index contributed by atoms with van der Waals surface area (Å²) < 4.78 is 16.2. The van der Waals surface area contributed by atoms with Crippen LogP contribution in [0.15, 0.2) is 35.2 Å². The number of aliphatic hydroxyl groups excluding tert-OH is 1. The van der Waals surface area contributed by atoms with Gasteiger partial charge in [-0.2, -0.15) is 0 Å². The molecule has 1 aliphatic rings. The third-order valence-corrected chi connectivity index (χ3v) is 6.30. The van der Waals surface area contributed by atoms with Crippen LogP contribution < -0.4 is 9.47 Å². The number of benzene rings is 1. The average Bonchev–Trinajstić information content (AvgIpc) is 3.38. The van der Waals surface area contributed by atoms with Gasteiger partial charge < -0.3 is 24.2 Å². The summed E-state index contributed by atoms with van der Waals surface area (Å²) in [7, 11) is 2.90. The first-order valence-electron chi connectivity index (χ1n) is 10.1. The second-order valence-electron chi connectivity index (χ2n) is 7.47. The first-order valence-corrected chi connectivity index (χ1v) is 11.4. The first-order chi connectivity index (χ1) is 15.3. The third kappa shape index (κ3) is 4.77. The van der Waals surface area contributed by atoms with Crippen LogP contribution in [0.2, 0.25) is 5.02 Å². The molecule has 0 saturated carbocycles. The van der Waals surface area contributed by atoms with E-state index in [4.69, 9.17) is 25.8 Å². The molecule has 1 aromatic heterocycles. The topological polar surface area (TPSA) is 85.3 Å². The van der Waals surface area contributed by atoms with Crippen molar-refractivity contribution in [1.82, 2.24) is 4.90 Å². The van der Waals surface area contributed by atoms with Crippen molar-refractivity contribution in [3.05, 3.63) is 50.7 Å². The maximum atomic E-state index is 13.1. The van der Waals surface area contributed by atoms with Crippen molar-refractivity contribution in [2.75, 3.05) is 27.4 Å². The van der Waals surface area contributed by atoms with Gasteiger partial charge in [-0.1, -0.05) is 17.7 Å². The third-order valence-electron chi connectivity index (χ3n) is 5.08. The molecule has 0 radical (unpaired) electrons. The highest BCUT2D eigenvalue weighted by molar-refractivity contribution is 7.10. The van der Waals surface area contributed by atoms with E-state index in [2.05, 4.69) is 0 Å². The van der Waals surface area contributed by atoms with E-state index in [1.165, 1.54) is 42.6 Å². The molecule has 1 saturated heterocycles. The molecule has 7 nitrogen and oxygen atoms in total. The number of aliphatic hydroxyl groups is 1. The van der Waals surface area contributed by atoms with Crippen LogP contribution in [-0.4, -0.2) is 55.2 Å². The van der Waals surface area contributed by atoms with Crippen molar-refractivity contribution in [3.8, 4) is 11.5 Å². The Morgan fingerprint density at radius 2 is 1.94 bits per heavy atom. The lowest BCUT2D eigenvalue weighted by Gasteiger charge is -2.24. The fourth-order valence-corrected chi connectivity index (χ4v) is 4.68. The molecule has 0 aliphatic carbocycles. The minimum atomic E-state index is -0.750. The summed E-state index contributed by atoms with van der Waals surface area (Å²) in [5, 5.41) is 13.3. The van der Waals surface area contributed by atoms with E-state index in [0.717, 1.165) is 4.88 Å². The lowest BCUT2D eigenvalue weighted by molar-refractivity contribution is -0.140. The zero-order chi connectivity index (χ0) is 23.4. The zero-order valence-electron chi connectivity index (χ0n) is 18.4. The van der Waals surface area contributed by atoms with Crippen LogP contribution >= 0.6 is 22.9 Å². The molecule has 1 unspecified atom stereocenters. The minimum absolute atomic E-state index is 0.00163. The highest BCUT2D eigenvalue weighted by atomic mass is 35.5. The molecule has 2 aromatic rings. The molecule has 1 fully saturated rings. The standard InChI is InChI=1S/C23H26ClNO6S/c1-13(2)31-9-6-8-25-20(18-7-5-10-32-18)19(22(27)23(25)28)21(26)14-11-15(24)17(30-4)12-16(14)29-3/h5,7,10-13,20,26H,6,8-9H2,1-4H3/b21-19-. The number of hydrogen-bond acceptors (Lipinski definition) is 7. The van der Waals surface area contributed by atoms with Crippen LogP contribution in [0.25, 0.3) is 5.76 Å². The Hall–Kier alpha value is -2.55. The molecule has 1 atom stereocenters. The summed E-state index contributed by atoms with van der Waals surface area (Å²) in [6.07, 6.45) is 0.635.